The zero-order chi connectivity index (χ0) is 16.5. The molecule has 0 saturated carbocycles. The van der Waals surface area contributed by atoms with E-state index in [0.717, 1.165) is 52.1 Å². The second-order valence-electron chi connectivity index (χ2n) is 6.09. The van der Waals surface area contributed by atoms with Crippen molar-refractivity contribution in [2.45, 2.75) is 17.9 Å². The molecule has 130 valence electrons. The number of aromatic nitrogens is 1. The van der Waals surface area contributed by atoms with Gasteiger partial charge in [-0.05, 0) is 45.1 Å². The van der Waals surface area contributed by atoms with E-state index in [1.54, 1.807) is 18.2 Å². The molecule has 1 fully saturated rings. The van der Waals surface area contributed by atoms with Gasteiger partial charge in [-0.3, -0.25) is 0 Å². The zero-order valence-corrected chi connectivity index (χ0v) is 14.8. The maximum Gasteiger partial charge on any atom is 0.196 e. The van der Waals surface area contributed by atoms with E-state index >= 15 is 0 Å². The summed E-state index contributed by atoms with van der Waals surface area (Å²) in [5.41, 5.74) is 0. The number of nitrogens with one attached hydrogen (secondary N) is 1. The minimum atomic E-state index is -3.26. The number of piperazine rings is 1. The summed E-state index contributed by atoms with van der Waals surface area (Å²) in [6.45, 7) is 7.12. The summed E-state index contributed by atoms with van der Waals surface area (Å²) in [5, 5.41) is 3.39. The van der Waals surface area contributed by atoms with Gasteiger partial charge in [-0.25, -0.2) is 13.4 Å². The molecule has 0 aliphatic carbocycles. The fourth-order valence-corrected chi connectivity index (χ4v) is 3.75. The Morgan fingerprint density at radius 3 is 2.61 bits per heavy atom. The Hall–Kier alpha value is -1.02. The molecule has 1 aromatic rings. The average Bonchev–Trinajstić information content (AvgIpc) is 2.56. The highest BCUT2D eigenvalue weighted by molar-refractivity contribution is 7.91. The van der Waals surface area contributed by atoms with Crippen molar-refractivity contribution >= 4 is 9.84 Å². The maximum atomic E-state index is 12.0. The minimum absolute atomic E-state index is 0.0997. The third-order valence-electron chi connectivity index (χ3n) is 4.18. The second-order valence-corrected chi connectivity index (χ2v) is 8.14. The topological polar surface area (TPSA) is 65.5 Å². The van der Waals surface area contributed by atoms with Crippen LogP contribution in [0.15, 0.2) is 29.4 Å². The quantitative estimate of drug-likeness (QED) is 0.660. The Morgan fingerprint density at radius 1 is 1.13 bits per heavy atom. The van der Waals surface area contributed by atoms with Gasteiger partial charge in [-0.2, -0.15) is 0 Å². The maximum absolute atomic E-state index is 12.0. The van der Waals surface area contributed by atoms with Crippen molar-refractivity contribution in [1.29, 1.82) is 0 Å². The monoisotopic (exact) mass is 340 g/mol. The molecule has 2 rings (SSSR count). The molecule has 6 nitrogen and oxygen atoms in total. The summed E-state index contributed by atoms with van der Waals surface area (Å²) in [6.07, 6.45) is 3.75. The molecule has 0 spiro atoms. The first-order valence-electron chi connectivity index (χ1n) is 8.33. The second kappa shape index (κ2) is 9.32. The van der Waals surface area contributed by atoms with Crippen molar-refractivity contribution in [2.75, 3.05) is 58.6 Å². The van der Waals surface area contributed by atoms with Gasteiger partial charge < -0.3 is 15.1 Å². The standard InChI is InChI=1S/C16H28N4O2S/c1-19-11-13-20(14-12-19)10-5-4-7-17-9-15-23(21,22)16-6-2-3-8-18-16/h2-3,6,8,17H,4-5,7,9-15H2,1H3. The lowest BCUT2D eigenvalue weighted by atomic mass is 10.2. The SMILES string of the molecule is CN1CCN(CCCCNCCS(=O)(=O)c2ccccn2)CC1. The number of hydrogen-bond donors (Lipinski definition) is 1. The lowest BCUT2D eigenvalue weighted by molar-refractivity contribution is 0.152. The van der Waals surface area contributed by atoms with Crippen LogP contribution in [0.3, 0.4) is 0 Å². The van der Waals surface area contributed by atoms with E-state index in [2.05, 4.69) is 27.1 Å². The Kier molecular flexibility index (Phi) is 7.42. The third-order valence-corrected chi connectivity index (χ3v) is 5.80. The number of hydrogen-bond acceptors (Lipinski definition) is 6. The van der Waals surface area contributed by atoms with Gasteiger partial charge in [-0.1, -0.05) is 6.07 Å². The molecule has 23 heavy (non-hydrogen) atoms. The number of sulfone groups is 1. The summed E-state index contributed by atoms with van der Waals surface area (Å²) in [7, 11) is -1.09. The lowest BCUT2D eigenvalue weighted by Crippen LogP contribution is -2.44. The van der Waals surface area contributed by atoms with Crippen LogP contribution in [0.25, 0.3) is 0 Å². The summed E-state index contributed by atoms with van der Waals surface area (Å²) < 4.78 is 24.1. The highest BCUT2D eigenvalue weighted by Crippen LogP contribution is 2.05. The Labute approximate surface area is 139 Å². The molecule has 1 aromatic heterocycles. The van der Waals surface area contributed by atoms with Crippen LogP contribution in [0.4, 0.5) is 0 Å². The van der Waals surface area contributed by atoms with Crippen LogP contribution in [0.2, 0.25) is 0 Å². The molecule has 0 aromatic carbocycles. The number of likely N-dealkylation sites (N-methyl/N-ethyl adjacent to an activating group) is 1. The van der Waals surface area contributed by atoms with Crippen LogP contribution in [-0.4, -0.2) is 81.8 Å². The van der Waals surface area contributed by atoms with Gasteiger partial charge in [0.2, 0.25) is 0 Å². The summed E-state index contributed by atoms with van der Waals surface area (Å²) >= 11 is 0. The van der Waals surface area contributed by atoms with Crippen molar-refractivity contribution in [2.24, 2.45) is 0 Å². The van der Waals surface area contributed by atoms with E-state index < -0.39 is 9.84 Å². The normalized spacial score (nSPS) is 17.4. The number of nitrogens with zero attached hydrogens (tertiary/aromatic N) is 3. The van der Waals surface area contributed by atoms with E-state index in [4.69, 9.17) is 0 Å². The van der Waals surface area contributed by atoms with Crippen molar-refractivity contribution in [3.05, 3.63) is 24.4 Å². The van der Waals surface area contributed by atoms with Crippen molar-refractivity contribution < 1.29 is 8.42 Å². The Morgan fingerprint density at radius 2 is 1.91 bits per heavy atom. The first-order chi connectivity index (χ1) is 11.1. The van der Waals surface area contributed by atoms with Crippen LogP contribution in [0.5, 0.6) is 0 Å². The van der Waals surface area contributed by atoms with E-state index in [9.17, 15) is 8.42 Å². The summed E-state index contributed by atoms with van der Waals surface area (Å²) in [5.74, 6) is 0.0997. The predicted octanol–water partition coefficient (Wildman–Crippen LogP) is 0.473. The van der Waals surface area contributed by atoms with Crippen molar-refractivity contribution in [3.8, 4) is 0 Å². The predicted molar refractivity (Wildman–Crippen MR) is 92.3 cm³/mol. The smallest absolute Gasteiger partial charge is 0.196 e. The Bertz CT molecular complexity index is 542. The molecule has 1 aliphatic rings. The average molecular weight is 340 g/mol. The number of rotatable bonds is 9. The molecular formula is C16H28N4O2S. The molecule has 0 atom stereocenters. The van der Waals surface area contributed by atoms with Crippen LogP contribution < -0.4 is 5.32 Å². The molecule has 0 unspecified atom stereocenters. The van der Waals surface area contributed by atoms with Gasteiger partial charge in [0.1, 0.15) is 0 Å². The lowest BCUT2D eigenvalue weighted by Gasteiger charge is -2.32. The molecule has 7 heteroatoms. The molecule has 1 saturated heterocycles. The van der Waals surface area contributed by atoms with Crippen LogP contribution in [-0.2, 0) is 9.84 Å². The van der Waals surface area contributed by atoms with Crippen LogP contribution in [0.1, 0.15) is 12.8 Å². The highest BCUT2D eigenvalue weighted by atomic mass is 32.2. The zero-order valence-electron chi connectivity index (χ0n) is 13.9. The van der Waals surface area contributed by atoms with Gasteiger partial charge in [-0.15, -0.1) is 0 Å². The van der Waals surface area contributed by atoms with Gasteiger partial charge in [0.05, 0.1) is 5.75 Å². The van der Waals surface area contributed by atoms with Gasteiger partial charge in [0.25, 0.3) is 0 Å². The summed E-state index contributed by atoms with van der Waals surface area (Å²) in [6, 6.07) is 4.97. The molecule has 0 radical (unpaired) electrons. The van der Waals surface area contributed by atoms with Gasteiger partial charge in [0.15, 0.2) is 14.9 Å². The first-order valence-corrected chi connectivity index (χ1v) is 9.98. The third kappa shape index (κ3) is 6.55. The fraction of sp³-hybridized carbons (Fsp3) is 0.688. The van der Waals surface area contributed by atoms with Gasteiger partial charge >= 0.3 is 0 Å². The highest BCUT2D eigenvalue weighted by Gasteiger charge is 2.15. The largest absolute Gasteiger partial charge is 0.316 e. The van der Waals surface area contributed by atoms with Crippen molar-refractivity contribution in [3.63, 3.8) is 0 Å². The van der Waals surface area contributed by atoms with E-state index in [-0.39, 0.29) is 10.8 Å². The van der Waals surface area contributed by atoms with Crippen LogP contribution >= 0.6 is 0 Å². The molecule has 0 bridgehead atoms. The molecular weight excluding hydrogens is 312 g/mol. The number of pyridine rings is 1. The van der Waals surface area contributed by atoms with Gasteiger partial charge in [0, 0.05) is 38.9 Å². The molecule has 1 aliphatic heterocycles. The van der Waals surface area contributed by atoms with Crippen molar-refractivity contribution in [1.82, 2.24) is 20.1 Å². The molecule has 1 N–H and O–H groups in total. The first kappa shape index (κ1) is 18.3. The molecule has 2 heterocycles. The van der Waals surface area contributed by atoms with E-state index in [1.807, 2.05) is 0 Å². The van der Waals surface area contributed by atoms with E-state index in [1.165, 1.54) is 6.20 Å². The van der Waals surface area contributed by atoms with E-state index in [0.29, 0.717) is 6.54 Å². The Balaban J connectivity index is 1.53. The molecule has 0 amide bonds. The number of unbranched alkanes of at least 4 members (excludes halogenated alkanes) is 1. The van der Waals surface area contributed by atoms with Crippen LogP contribution in [0, 0.1) is 0 Å². The minimum Gasteiger partial charge on any atom is -0.316 e. The fourth-order valence-electron chi connectivity index (χ4n) is 2.62. The summed E-state index contributed by atoms with van der Waals surface area (Å²) in [4.78, 5) is 8.78.